The van der Waals surface area contributed by atoms with E-state index in [4.69, 9.17) is 4.74 Å². The number of ether oxygens (including phenoxy) is 1. The van der Waals surface area contributed by atoms with Gasteiger partial charge in [-0.1, -0.05) is 54.6 Å². The summed E-state index contributed by atoms with van der Waals surface area (Å²) >= 11 is 0. The van der Waals surface area contributed by atoms with Crippen molar-refractivity contribution in [2.75, 3.05) is 0 Å². The van der Waals surface area contributed by atoms with Gasteiger partial charge in [-0.2, -0.15) is 0 Å². The first-order valence-electron chi connectivity index (χ1n) is 6.22. The quantitative estimate of drug-likeness (QED) is 0.634. The van der Waals surface area contributed by atoms with Crippen molar-refractivity contribution in [3.05, 3.63) is 84.9 Å². The summed E-state index contributed by atoms with van der Waals surface area (Å²) in [6, 6.07) is 29.0. The summed E-state index contributed by atoms with van der Waals surface area (Å²) in [5.74, 6) is 1.66. The van der Waals surface area contributed by atoms with Crippen LogP contribution in [0.3, 0.4) is 0 Å². The minimum atomic E-state index is 0.823. The molecule has 0 aromatic heterocycles. The summed E-state index contributed by atoms with van der Waals surface area (Å²) in [6.07, 6.45) is 0. The van der Waals surface area contributed by atoms with Crippen LogP contribution in [-0.2, 0) is 0 Å². The van der Waals surface area contributed by atoms with E-state index in [0.29, 0.717) is 0 Å². The highest BCUT2D eigenvalue weighted by Gasteiger charge is 2.00. The minimum absolute atomic E-state index is 0.823. The van der Waals surface area contributed by atoms with Crippen molar-refractivity contribution in [2.24, 2.45) is 0 Å². The summed E-state index contributed by atoms with van der Waals surface area (Å²) in [4.78, 5) is 0. The Bertz CT molecular complexity index is 645. The lowest BCUT2D eigenvalue weighted by Gasteiger charge is -2.07. The van der Waals surface area contributed by atoms with E-state index in [-0.39, 0.29) is 0 Å². The van der Waals surface area contributed by atoms with Crippen molar-refractivity contribution in [3.63, 3.8) is 0 Å². The van der Waals surface area contributed by atoms with Crippen LogP contribution in [0.15, 0.2) is 78.9 Å². The molecule has 1 radical (unpaired) electrons. The van der Waals surface area contributed by atoms with Gasteiger partial charge in [0.25, 0.3) is 0 Å². The zero-order valence-corrected chi connectivity index (χ0v) is 10.4. The van der Waals surface area contributed by atoms with Gasteiger partial charge < -0.3 is 4.74 Å². The Balaban J connectivity index is 1.89. The lowest BCUT2D eigenvalue weighted by atomic mass is 10.1. The molecule has 0 spiro atoms. The van der Waals surface area contributed by atoms with Crippen molar-refractivity contribution >= 4 is 0 Å². The van der Waals surface area contributed by atoms with Crippen LogP contribution in [0.2, 0.25) is 0 Å². The van der Waals surface area contributed by atoms with Crippen molar-refractivity contribution in [1.82, 2.24) is 0 Å². The second-order valence-electron chi connectivity index (χ2n) is 4.22. The highest BCUT2D eigenvalue weighted by molar-refractivity contribution is 5.64. The first-order valence-corrected chi connectivity index (χ1v) is 6.22. The molecule has 1 heteroatoms. The highest BCUT2D eigenvalue weighted by Crippen LogP contribution is 2.26. The molecule has 0 fully saturated rings. The Morgan fingerprint density at radius 3 is 2.11 bits per heavy atom. The average Bonchev–Trinajstić information content (AvgIpc) is 2.49. The van der Waals surface area contributed by atoms with Gasteiger partial charge in [0.2, 0.25) is 0 Å². The Labute approximate surface area is 113 Å². The van der Waals surface area contributed by atoms with Gasteiger partial charge in [0.15, 0.2) is 0 Å². The molecule has 3 aromatic carbocycles. The topological polar surface area (TPSA) is 9.23 Å². The van der Waals surface area contributed by atoms with E-state index < -0.39 is 0 Å². The van der Waals surface area contributed by atoms with Gasteiger partial charge in [0.1, 0.15) is 11.5 Å². The lowest BCUT2D eigenvalue weighted by molar-refractivity contribution is 0.483. The van der Waals surface area contributed by atoms with Gasteiger partial charge in [-0.25, -0.2) is 0 Å². The summed E-state index contributed by atoms with van der Waals surface area (Å²) in [5.41, 5.74) is 2.18. The third-order valence-corrected chi connectivity index (χ3v) is 2.84. The molecule has 3 rings (SSSR count). The van der Waals surface area contributed by atoms with Crippen LogP contribution in [0.25, 0.3) is 11.1 Å². The van der Waals surface area contributed by atoms with Crippen LogP contribution >= 0.6 is 0 Å². The van der Waals surface area contributed by atoms with Crippen LogP contribution in [0, 0.1) is 6.07 Å². The Hall–Kier alpha value is -2.54. The molecule has 0 atom stereocenters. The van der Waals surface area contributed by atoms with Crippen molar-refractivity contribution in [3.8, 4) is 22.6 Å². The fourth-order valence-corrected chi connectivity index (χ4v) is 1.92. The Morgan fingerprint density at radius 2 is 1.37 bits per heavy atom. The van der Waals surface area contributed by atoms with Gasteiger partial charge in [-0.15, -0.1) is 0 Å². The van der Waals surface area contributed by atoms with E-state index in [0.717, 1.165) is 22.6 Å². The zero-order valence-electron chi connectivity index (χ0n) is 10.4. The normalized spacial score (nSPS) is 10.1. The van der Waals surface area contributed by atoms with E-state index in [1.54, 1.807) is 0 Å². The Morgan fingerprint density at radius 1 is 0.684 bits per heavy atom. The molecule has 0 saturated heterocycles. The predicted octanol–water partition coefficient (Wildman–Crippen LogP) is 4.95. The second-order valence-corrected chi connectivity index (χ2v) is 4.22. The Kier molecular flexibility index (Phi) is 3.28. The van der Waals surface area contributed by atoms with Crippen molar-refractivity contribution in [1.29, 1.82) is 0 Å². The molecule has 0 aliphatic carbocycles. The molecule has 0 unspecified atom stereocenters. The maximum atomic E-state index is 5.82. The molecular formula is C18H13O. The lowest BCUT2D eigenvalue weighted by Crippen LogP contribution is -1.84. The fourth-order valence-electron chi connectivity index (χ4n) is 1.92. The third kappa shape index (κ3) is 2.83. The van der Waals surface area contributed by atoms with Gasteiger partial charge in [0, 0.05) is 0 Å². The third-order valence-electron chi connectivity index (χ3n) is 2.84. The van der Waals surface area contributed by atoms with E-state index in [1.807, 2.05) is 66.7 Å². The van der Waals surface area contributed by atoms with E-state index in [2.05, 4.69) is 18.2 Å². The number of rotatable bonds is 3. The average molecular weight is 245 g/mol. The van der Waals surface area contributed by atoms with Crippen LogP contribution in [-0.4, -0.2) is 0 Å². The number of hydrogen-bond acceptors (Lipinski definition) is 1. The maximum absolute atomic E-state index is 5.82. The second kappa shape index (κ2) is 5.40. The molecule has 0 bridgehead atoms. The van der Waals surface area contributed by atoms with Gasteiger partial charge in [-0.05, 0) is 41.5 Å². The summed E-state index contributed by atoms with van der Waals surface area (Å²) in [6.45, 7) is 0. The number of benzene rings is 3. The molecule has 0 heterocycles. The van der Waals surface area contributed by atoms with Crippen molar-refractivity contribution in [2.45, 2.75) is 0 Å². The largest absolute Gasteiger partial charge is 0.457 e. The molecule has 0 aliphatic rings. The zero-order chi connectivity index (χ0) is 12.9. The van der Waals surface area contributed by atoms with Gasteiger partial charge in [0.05, 0.1) is 0 Å². The molecule has 0 saturated carbocycles. The van der Waals surface area contributed by atoms with Crippen LogP contribution in [0.4, 0.5) is 0 Å². The van der Waals surface area contributed by atoms with Gasteiger partial charge >= 0.3 is 0 Å². The maximum Gasteiger partial charge on any atom is 0.128 e. The van der Waals surface area contributed by atoms with Crippen LogP contribution in [0.1, 0.15) is 0 Å². The predicted molar refractivity (Wildman–Crippen MR) is 77.2 cm³/mol. The van der Waals surface area contributed by atoms with Crippen LogP contribution < -0.4 is 4.74 Å². The first-order chi connectivity index (χ1) is 9.42. The molecule has 91 valence electrons. The van der Waals surface area contributed by atoms with E-state index >= 15 is 0 Å². The summed E-state index contributed by atoms with van der Waals surface area (Å²) < 4.78 is 5.82. The summed E-state index contributed by atoms with van der Waals surface area (Å²) in [7, 11) is 0. The molecule has 0 N–H and O–H groups in total. The van der Waals surface area contributed by atoms with Crippen molar-refractivity contribution < 1.29 is 4.74 Å². The molecular weight excluding hydrogens is 232 g/mol. The smallest absolute Gasteiger partial charge is 0.128 e. The van der Waals surface area contributed by atoms with E-state index in [1.165, 1.54) is 0 Å². The number of para-hydroxylation sites is 1. The standard InChI is InChI=1S/C18H13O/c1-3-8-15(9-4-1)16-10-7-13-18(14-16)19-17-11-5-2-6-12-17/h1-9,11-14H. The molecule has 19 heavy (non-hydrogen) atoms. The summed E-state index contributed by atoms with van der Waals surface area (Å²) in [5, 5.41) is 0. The first kappa shape index (κ1) is 11.5. The van der Waals surface area contributed by atoms with Crippen LogP contribution in [0.5, 0.6) is 11.5 Å². The monoisotopic (exact) mass is 245 g/mol. The fraction of sp³-hybridized carbons (Fsp3) is 0. The minimum Gasteiger partial charge on any atom is -0.457 e. The highest BCUT2D eigenvalue weighted by atomic mass is 16.5. The van der Waals surface area contributed by atoms with Gasteiger partial charge in [-0.3, -0.25) is 0 Å². The molecule has 3 aromatic rings. The SMILES string of the molecule is [c]1ccc(Oc2ccccc2)cc1-c1ccccc1. The molecule has 0 aliphatic heterocycles. The van der Waals surface area contributed by atoms with E-state index in [9.17, 15) is 0 Å². The number of hydrogen-bond donors (Lipinski definition) is 0. The molecule has 1 nitrogen and oxygen atoms in total. The molecule has 0 amide bonds.